The maximum atomic E-state index is 13.1. The van der Waals surface area contributed by atoms with Gasteiger partial charge in [0.1, 0.15) is 10.7 Å². The van der Waals surface area contributed by atoms with Gasteiger partial charge in [0, 0.05) is 13.0 Å². The van der Waals surface area contributed by atoms with Gasteiger partial charge < -0.3 is 10.2 Å². The lowest BCUT2D eigenvalue weighted by atomic mass is 10.0. The Balaban J connectivity index is 1.68. The van der Waals surface area contributed by atoms with Crippen molar-refractivity contribution in [3.05, 3.63) is 58.1 Å². The Hall–Kier alpha value is -2.38. The zero-order valence-corrected chi connectivity index (χ0v) is 19.3. The van der Waals surface area contributed by atoms with Gasteiger partial charge in [-0.25, -0.2) is 0 Å². The minimum atomic E-state index is -3.88. The van der Waals surface area contributed by atoms with Crippen molar-refractivity contribution in [1.82, 2.24) is 5.32 Å². The van der Waals surface area contributed by atoms with Gasteiger partial charge in [-0.2, -0.15) is 8.42 Å². The van der Waals surface area contributed by atoms with E-state index >= 15 is 0 Å². The van der Waals surface area contributed by atoms with Crippen molar-refractivity contribution in [2.75, 3.05) is 11.4 Å². The highest BCUT2D eigenvalue weighted by Crippen LogP contribution is 2.38. The number of aryl methyl sites for hydroxylation is 1. The van der Waals surface area contributed by atoms with E-state index in [1.54, 1.807) is 6.07 Å². The molecule has 2 heterocycles. The summed E-state index contributed by atoms with van der Waals surface area (Å²) in [6.07, 6.45) is 4.19. The minimum absolute atomic E-state index is 0.0380. The molecule has 4 rings (SSSR count). The van der Waals surface area contributed by atoms with E-state index in [4.69, 9.17) is 11.6 Å². The van der Waals surface area contributed by atoms with E-state index in [1.165, 1.54) is 6.07 Å². The van der Waals surface area contributed by atoms with Crippen molar-refractivity contribution in [2.24, 2.45) is 4.40 Å². The second-order valence-electron chi connectivity index (χ2n) is 8.09. The van der Waals surface area contributed by atoms with Crippen LogP contribution in [0.25, 0.3) is 0 Å². The monoisotopic (exact) mass is 459 g/mol. The first kappa shape index (κ1) is 21.8. The first-order valence-corrected chi connectivity index (χ1v) is 12.4. The van der Waals surface area contributed by atoms with E-state index < -0.39 is 15.9 Å². The quantitative estimate of drug-likeness (QED) is 0.696. The molecule has 0 aromatic heterocycles. The number of carbonyl (C=O) groups excluding carboxylic acids is 1. The molecular weight excluding hydrogens is 434 g/mol. The number of nitrogens with zero attached hydrogens (tertiary/aromatic N) is 2. The summed E-state index contributed by atoms with van der Waals surface area (Å²) < 4.78 is 29.8. The van der Waals surface area contributed by atoms with Crippen LogP contribution in [0.5, 0.6) is 0 Å². The van der Waals surface area contributed by atoms with Gasteiger partial charge >= 0.3 is 0 Å². The number of fused-ring (bicyclic) bond motifs is 3. The fourth-order valence-corrected chi connectivity index (χ4v) is 5.64. The Labute approximate surface area is 188 Å². The zero-order chi connectivity index (χ0) is 22.2. The third-order valence-electron chi connectivity index (χ3n) is 5.87. The van der Waals surface area contributed by atoms with Crippen LogP contribution in [0.4, 0.5) is 5.69 Å². The van der Waals surface area contributed by atoms with Crippen molar-refractivity contribution in [3.63, 3.8) is 0 Å². The lowest BCUT2D eigenvalue weighted by Gasteiger charge is -2.30. The van der Waals surface area contributed by atoms with Crippen molar-refractivity contribution in [3.8, 4) is 0 Å². The standard InChI is InChI=1S/C23H26ClN3O3S/c1-3-19(16-10-8-15(2)9-11-16)25-23(28)17-13-21-20(14-18(17)24)27-12-6-4-5-7-22(27)26-31(21,29)30/h8-11,13-14,19H,3-7,12H2,1-2H3,(H,25,28)/t19-/m0/s1. The summed E-state index contributed by atoms with van der Waals surface area (Å²) in [5, 5.41) is 3.22. The smallest absolute Gasteiger partial charge is 0.286 e. The summed E-state index contributed by atoms with van der Waals surface area (Å²) in [6, 6.07) is 10.7. The minimum Gasteiger partial charge on any atom is -0.345 e. The molecule has 0 aliphatic carbocycles. The van der Waals surface area contributed by atoms with Crippen LogP contribution < -0.4 is 10.2 Å². The Morgan fingerprint density at radius 2 is 1.94 bits per heavy atom. The van der Waals surface area contributed by atoms with Crippen molar-refractivity contribution < 1.29 is 13.2 Å². The third kappa shape index (κ3) is 4.34. The van der Waals surface area contributed by atoms with Gasteiger partial charge in [0.15, 0.2) is 0 Å². The van der Waals surface area contributed by atoms with Crippen LogP contribution in [-0.4, -0.2) is 26.7 Å². The molecule has 8 heteroatoms. The van der Waals surface area contributed by atoms with Crippen LogP contribution in [0.15, 0.2) is 45.7 Å². The normalized spacial score (nSPS) is 18.3. The molecule has 0 spiro atoms. The fourth-order valence-electron chi connectivity index (χ4n) is 4.13. The van der Waals surface area contributed by atoms with E-state index in [0.29, 0.717) is 30.9 Å². The number of nitrogens with one attached hydrogen (secondary N) is 1. The number of rotatable bonds is 4. The van der Waals surface area contributed by atoms with E-state index in [0.717, 1.165) is 30.4 Å². The molecule has 1 fully saturated rings. The number of carbonyl (C=O) groups is 1. The summed E-state index contributed by atoms with van der Waals surface area (Å²) >= 11 is 6.49. The molecule has 31 heavy (non-hydrogen) atoms. The lowest BCUT2D eigenvalue weighted by molar-refractivity contribution is 0.0935. The molecule has 2 aliphatic rings. The largest absolute Gasteiger partial charge is 0.345 e. The van der Waals surface area contributed by atoms with Crippen LogP contribution >= 0.6 is 11.6 Å². The van der Waals surface area contributed by atoms with Gasteiger partial charge in [0.2, 0.25) is 0 Å². The molecule has 0 radical (unpaired) electrons. The van der Waals surface area contributed by atoms with E-state index in [-0.39, 0.29) is 21.5 Å². The molecule has 1 saturated heterocycles. The van der Waals surface area contributed by atoms with Gasteiger partial charge in [-0.05, 0) is 43.9 Å². The van der Waals surface area contributed by atoms with Crippen LogP contribution in [0, 0.1) is 6.92 Å². The summed E-state index contributed by atoms with van der Waals surface area (Å²) in [6.45, 7) is 4.68. The first-order valence-electron chi connectivity index (χ1n) is 10.6. The molecule has 6 nitrogen and oxygen atoms in total. The van der Waals surface area contributed by atoms with Crippen molar-refractivity contribution in [2.45, 2.75) is 56.9 Å². The van der Waals surface area contributed by atoms with Crippen LogP contribution in [0.1, 0.15) is 66.6 Å². The van der Waals surface area contributed by atoms with E-state index in [2.05, 4.69) is 9.71 Å². The molecule has 1 atom stereocenters. The molecular formula is C23H26ClN3O3S. The highest BCUT2D eigenvalue weighted by Gasteiger charge is 2.33. The highest BCUT2D eigenvalue weighted by atomic mass is 35.5. The average Bonchev–Trinajstić information content (AvgIpc) is 2.97. The molecule has 2 aromatic carbocycles. The number of amides is 1. The zero-order valence-electron chi connectivity index (χ0n) is 17.7. The molecule has 2 aromatic rings. The van der Waals surface area contributed by atoms with Crippen LogP contribution in [0.2, 0.25) is 5.02 Å². The maximum Gasteiger partial charge on any atom is 0.286 e. The second kappa shape index (κ2) is 8.63. The number of benzene rings is 2. The summed E-state index contributed by atoms with van der Waals surface area (Å²) in [4.78, 5) is 15.0. The van der Waals surface area contributed by atoms with Gasteiger partial charge in [-0.3, -0.25) is 4.79 Å². The Morgan fingerprint density at radius 3 is 2.65 bits per heavy atom. The van der Waals surface area contributed by atoms with Crippen molar-refractivity contribution >= 4 is 39.1 Å². The second-order valence-corrected chi connectivity index (χ2v) is 10.1. The summed E-state index contributed by atoms with van der Waals surface area (Å²) in [5.74, 6) is 0.157. The predicted molar refractivity (Wildman–Crippen MR) is 124 cm³/mol. The number of sulfonamides is 1. The molecule has 0 bridgehead atoms. The molecule has 0 unspecified atom stereocenters. The number of halogens is 1. The van der Waals surface area contributed by atoms with Gasteiger partial charge in [0.05, 0.1) is 22.3 Å². The Kier molecular flexibility index (Phi) is 6.08. The van der Waals surface area contributed by atoms with E-state index in [1.807, 2.05) is 43.0 Å². The van der Waals surface area contributed by atoms with Gasteiger partial charge in [0.25, 0.3) is 15.9 Å². The molecule has 1 amide bonds. The molecule has 164 valence electrons. The summed E-state index contributed by atoms with van der Waals surface area (Å²) in [7, 11) is -3.88. The number of amidine groups is 1. The maximum absolute atomic E-state index is 13.1. The first-order chi connectivity index (χ1) is 14.8. The Morgan fingerprint density at radius 1 is 1.19 bits per heavy atom. The number of anilines is 1. The Bertz CT molecular complexity index is 1140. The van der Waals surface area contributed by atoms with Gasteiger partial charge in [-0.15, -0.1) is 4.40 Å². The topological polar surface area (TPSA) is 78.8 Å². The molecule has 0 saturated carbocycles. The SMILES string of the molecule is CC[C@H](NC(=O)c1cc2c(cc1Cl)N1CCCCCC1=NS2(=O)=O)c1ccc(C)cc1. The third-order valence-corrected chi connectivity index (χ3v) is 7.52. The predicted octanol–water partition coefficient (Wildman–Crippen LogP) is 5.01. The lowest BCUT2D eigenvalue weighted by Crippen LogP contribution is -2.36. The number of hydrogen-bond donors (Lipinski definition) is 1. The number of hydrogen-bond acceptors (Lipinski definition) is 4. The van der Waals surface area contributed by atoms with Gasteiger partial charge in [-0.1, -0.05) is 54.8 Å². The molecule has 2 aliphatic heterocycles. The average molecular weight is 460 g/mol. The highest BCUT2D eigenvalue weighted by molar-refractivity contribution is 7.90. The molecule has 1 N–H and O–H groups in total. The van der Waals surface area contributed by atoms with E-state index in [9.17, 15) is 13.2 Å². The van der Waals surface area contributed by atoms with Crippen LogP contribution in [-0.2, 0) is 10.0 Å². The fraction of sp³-hybridized carbons (Fsp3) is 0.391. The van der Waals surface area contributed by atoms with Crippen molar-refractivity contribution in [1.29, 1.82) is 0 Å². The summed E-state index contributed by atoms with van der Waals surface area (Å²) in [5.41, 5.74) is 2.78. The van der Waals surface area contributed by atoms with Crippen LogP contribution in [0.3, 0.4) is 0 Å².